The molecule has 3 nitrogen and oxygen atoms in total. The fraction of sp³-hybridized carbons (Fsp3) is 0.462. The molecule has 1 rings (SSSR count). The van der Waals surface area contributed by atoms with Gasteiger partial charge in [0.25, 0.3) is 0 Å². The minimum absolute atomic E-state index is 0.0933. The van der Waals surface area contributed by atoms with Crippen LogP contribution in [-0.2, 0) is 16.0 Å². The van der Waals surface area contributed by atoms with Crippen molar-refractivity contribution in [3.05, 3.63) is 35.1 Å². The van der Waals surface area contributed by atoms with Gasteiger partial charge in [0.05, 0.1) is 13.2 Å². The molecule has 0 amide bonds. The van der Waals surface area contributed by atoms with E-state index in [1.807, 2.05) is 6.92 Å². The maximum Gasteiger partial charge on any atom is 0.150 e. The van der Waals surface area contributed by atoms with Crippen LogP contribution in [0.25, 0.3) is 0 Å². The number of methoxy groups -OCH3 is 1. The van der Waals surface area contributed by atoms with Gasteiger partial charge in [0, 0.05) is 20.1 Å². The molecule has 0 bridgehead atoms. The van der Waals surface area contributed by atoms with Gasteiger partial charge < -0.3 is 10.1 Å². The number of hydrogen-bond donors (Lipinski definition) is 1. The predicted molar refractivity (Wildman–Crippen MR) is 64.6 cm³/mol. The zero-order chi connectivity index (χ0) is 12.7. The highest BCUT2D eigenvalue weighted by Gasteiger charge is 2.06. The highest BCUT2D eigenvalue weighted by atomic mass is 19.1. The van der Waals surface area contributed by atoms with Gasteiger partial charge in [-0.05, 0) is 30.2 Å². The lowest BCUT2D eigenvalue weighted by Crippen LogP contribution is -2.27. The molecular weight excluding hydrogens is 221 g/mol. The van der Waals surface area contributed by atoms with Gasteiger partial charge in [-0.15, -0.1) is 0 Å². The summed E-state index contributed by atoms with van der Waals surface area (Å²) in [5.41, 5.74) is 1.69. The van der Waals surface area contributed by atoms with Gasteiger partial charge >= 0.3 is 0 Å². The van der Waals surface area contributed by atoms with Crippen molar-refractivity contribution >= 4 is 5.78 Å². The van der Waals surface area contributed by atoms with Crippen LogP contribution in [0.4, 0.5) is 4.39 Å². The molecule has 0 heterocycles. The Kier molecular flexibility index (Phi) is 5.80. The number of carbonyl (C=O) groups is 1. The second kappa shape index (κ2) is 7.14. The van der Waals surface area contributed by atoms with Crippen molar-refractivity contribution in [2.75, 3.05) is 26.8 Å². The normalized spacial score (nSPS) is 10.5. The summed E-state index contributed by atoms with van der Waals surface area (Å²) in [6.45, 7) is 3.37. The van der Waals surface area contributed by atoms with Crippen LogP contribution in [0.1, 0.15) is 11.1 Å². The lowest BCUT2D eigenvalue weighted by molar-refractivity contribution is -0.117. The molecule has 17 heavy (non-hydrogen) atoms. The van der Waals surface area contributed by atoms with Crippen molar-refractivity contribution < 1.29 is 13.9 Å². The summed E-state index contributed by atoms with van der Waals surface area (Å²) in [7, 11) is 1.62. The van der Waals surface area contributed by atoms with E-state index in [1.54, 1.807) is 13.2 Å². The quantitative estimate of drug-likeness (QED) is 0.732. The molecule has 0 spiro atoms. The highest BCUT2D eigenvalue weighted by molar-refractivity contribution is 5.83. The molecule has 0 saturated heterocycles. The average molecular weight is 239 g/mol. The fourth-order valence-electron chi connectivity index (χ4n) is 1.53. The summed E-state index contributed by atoms with van der Waals surface area (Å²) in [4.78, 5) is 11.6. The average Bonchev–Trinajstić information content (AvgIpc) is 2.28. The number of aryl methyl sites for hydroxylation is 1. The molecule has 0 radical (unpaired) electrons. The van der Waals surface area contributed by atoms with Gasteiger partial charge in [0.1, 0.15) is 5.82 Å². The third kappa shape index (κ3) is 5.06. The van der Waals surface area contributed by atoms with E-state index in [0.29, 0.717) is 26.1 Å². The van der Waals surface area contributed by atoms with Crippen molar-refractivity contribution in [2.45, 2.75) is 13.3 Å². The third-order valence-electron chi connectivity index (χ3n) is 2.50. The minimum atomic E-state index is -0.267. The van der Waals surface area contributed by atoms with E-state index in [1.165, 1.54) is 12.1 Å². The van der Waals surface area contributed by atoms with Gasteiger partial charge in [0.2, 0.25) is 0 Å². The van der Waals surface area contributed by atoms with Crippen molar-refractivity contribution in [1.29, 1.82) is 0 Å². The van der Waals surface area contributed by atoms with E-state index in [4.69, 9.17) is 4.74 Å². The zero-order valence-corrected chi connectivity index (χ0v) is 10.3. The Hall–Kier alpha value is -1.26. The van der Waals surface area contributed by atoms with Gasteiger partial charge in [-0.2, -0.15) is 0 Å². The number of carbonyl (C=O) groups excluding carboxylic acids is 1. The molecule has 0 fully saturated rings. The number of halogens is 1. The Bertz CT molecular complexity index is 380. The number of ether oxygens (including phenoxy) is 1. The Morgan fingerprint density at radius 2 is 2.24 bits per heavy atom. The Labute approximate surface area is 101 Å². The van der Waals surface area contributed by atoms with E-state index < -0.39 is 0 Å². The third-order valence-corrected chi connectivity index (χ3v) is 2.50. The molecule has 0 aliphatic rings. The van der Waals surface area contributed by atoms with E-state index in [2.05, 4.69) is 5.32 Å². The molecule has 0 aromatic heterocycles. The number of Topliss-reactive ketones (excluding diaryl/α,β-unsaturated/α-hetero) is 1. The summed E-state index contributed by atoms with van der Waals surface area (Å²) in [6.07, 6.45) is 0.339. The monoisotopic (exact) mass is 239 g/mol. The van der Waals surface area contributed by atoms with Crippen LogP contribution in [0.2, 0.25) is 0 Å². The summed E-state index contributed by atoms with van der Waals surface area (Å²) >= 11 is 0. The number of nitrogens with one attached hydrogen (secondary N) is 1. The maximum atomic E-state index is 12.9. The van der Waals surface area contributed by atoms with Gasteiger partial charge in [-0.25, -0.2) is 4.39 Å². The van der Waals surface area contributed by atoms with E-state index in [0.717, 1.165) is 11.1 Å². The highest BCUT2D eigenvalue weighted by Crippen LogP contribution is 2.10. The first kappa shape index (κ1) is 13.8. The van der Waals surface area contributed by atoms with Crippen molar-refractivity contribution in [3.8, 4) is 0 Å². The molecule has 1 aromatic rings. The van der Waals surface area contributed by atoms with Crippen molar-refractivity contribution in [1.82, 2.24) is 5.32 Å². The second-order valence-electron chi connectivity index (χ2n) is 3.96. The zero-order valence-electron chi connectivity index (χ0n) is 10.3. The largest absolute Gasteiger partial charge is 0.383 e. The molecule has 0 aliphatic heterocycles. The first-order valence-electron chi connectivity index (χ1n) is 5.60. The fourth-order valence-corrected chi connectivity index (χ4v) is 1.53. The minimum Gasteiger partial charge on any atom is -0.383 e. The number of hydrogen-bond acceptors (Lipinski definition) is 3. The molecule has 0 unspecified atom stereocenters. The topological polar surface area (TPSA) is 38.3 Å². The first-order valence-corrected chi connectivity index (χ1v) is 5.60. The predicted octanol–water partition coefficient (Wildman–Crippen LogP) is 1.48. The summed E-state index contributed by atoms with van der Waals surface area (Å²) < 4.78 is 17.7. The van der Waals surface area contributed by atoms with Gasteiger partial charge in [-0.1, -0.05) is 6.07 Å². The second-order valence-corrected chi connectivity index (χ2v) is 3.96. The van der Waals surface area contributed by atoms with Gasteiger partial charge in [-0.3, -0.25) is 4.79 Å². The molecular formula is C13H18FNO2. The number of benzene rings is 1. The Morgan fingerprint density at radius 1 is 1.47 bits per heavy atom. The van der Waals surface area contributed by atoms with Crippen LogP contribution in [0.3, 0.4) is 0 Å². The summed E-state index contributed by atoms with van der Waals surface area (Å²) in [5, 5.41) is 2.99. The van der Waals surface area contributed by atoms with E-state index >= 15 is 0 Å². The lowest BCUT2D eigenvalue weighted by Gasteiger charge is -2.06. The van der Waals surface area contributed by atoms with Crippen LogP contribution < -0.4 is 5.32 Å². The number of ketones is 1. The molecule has 1 aromatic carbocycles. The van der Waals surface area contributed by atoms with Crippen LogP contribution in [-0.4, -0.2) is 32.6 Å². The SMILES string of the molecule is COCCNCC(=O)Cc1ccc(F)cc1C. The number of rotatable bonds is 7. The van der Waals surface area contributed by atoms with E-state index in [9.17, 15) is 9.18 Å². The van der Waals surface area contributed by atoms with Crippen LogP contribution >= 0.6 is 0 Å². The molecule has 0 aliphatic carbocycles. The Balaban J connectivity index is 2.40. The van der Waals surface area contributed by atoms with Crippen molar-refractivity contribution in [3.63, 3.8) is 0 Å². The first-order chi connectivity index (χ1) is 8.13. The van der Waals surface area contributed by atoms with Crippen LogP contribution in [0.15, 0.2) is 18.2 Å². The van der Waals surface area contributed by atoms with Crippen LogP contribution in [0.5, 0.6) is 0 Å². The molecule has 0 saturated carbocycles. The lowest BCUT2D eigenvalue weighted by atomic mass is 10.0. The van der Waals surface area contributed by atoms with E-state index in [-0.39, 0.29) is 11.6 Å². The molecule has 94 valence electrons. The molecule has 1 N–H and O–H groups in total. The molecule has 4 heteroatoms. The Morgan fingerprint density at radius 3 is 2.88 bits per heavy atom. The standard InChI is InChI=1S/C13H18FNO2/c1-10-7-12(14)4-3-11(10)8-13(16)9-15-5-6-17-2/h3-4,7,15H,5-6,8-9H2,1-2H3. The smallest absolute Gasteiger partial charge is 0.150 e. The maximum absolute atomic E-state index is 12.9. The molecule has 0 atom stereocenters. The van der Waals surface area contributed by atoms with Gasteiger partial charge in [0.15, 0.2) is 5.78 Å². The van der Waals surface area contributed by atoms with Crippen LogP contribution in [0, 0.1) is 12.7 Å². The summed E-state index contributed by atoms with van der Waals surface area (Å²) in [6, 6.07) is 4.49. The van der Waals surface area contributed by atoms with Crippen molar-refractivity contribution in [2.24, 2.45) is 0 Å². The summed E-state index contributed by atoms with van der Waals surface area (Å²) in [5.74, 6) is -0.173.